The number of alkyl halides is 3. The molecule has 0 saturated carbocycles. The van der Waals surface area contributed by atoms with E-state index in [1.165, 1.54) is 12.1 Å². The minimum Gasteiger partial charge on any atom is -0.480 e. The highest BCUT2D eigenvalue weighted by Gasteiger charge is 2.34. The van der Waals surface area contributed by atoms with Gasteiger partial charge in [0.2, 0.25) is 0 Å². The molecule has 0 bridgehead atoms. The van der Waals surface area contributed by atoms with E-state index in [9.17, 15) is 18.0 Å². The van der Waals surface area contributed by atoms with Crippen LogP contribution in [0.15, 0.2) is 24.3 Å². The Bertz CT molecular complexity index is 487. The molecule has 3 unspecified atom stereocenters. The summed E-state index contributed by atoms with van der Waals surface area (Å²) in [6.07, 6.45) is -5.39. The second kappa shape index (κ2) is 5.41. The van der Waals surface area contributed by atoms with Crippen molar-refractivity contribution < 1.29 is 27.8 Å². The van der Waals surface area contributed by atoms with Crippen molar-refractivity contribution in [3.05, 3.63) is 35.4 Å². The number of aliphatic carboxylic acids is 1. The first-order chi connectivity index (χ1) is 9.29. The van der Waals surface area contributed by atoms with Gasteiger partial charge in [-0.2, -0.15) is 13.2 Å². The smallest absolute Gasteiger partial charge is 0.416 e. The molecule has 0 aromatic heterocycles. The minimum absolute atomic E-state index is 0.243. The lowest BCUT2D eigenvalue weighted by Gasteiger charge is -2.33. The van der Waals surface area contributed by atoms with Gasteiger partial charge in [0.15, 0.2) is 0 Å². The Morgan fingerprint density at radius 3 is 2.40 bits per heavy atom. The molecular weight excluding hydrogens is 275 g/mol. The molecule has 1 aromatic carbocycles. The predicted molar refractivity (Wildman–Crippen MR) is 64.2 cm³/mol. The quantitative estimate of drug-likeness (QED) is 0.876. The number of rotatable bonds is 2. The molecule has 2 rings (SSSR count). The van der Waals surface area contributed by atoms with Crippen molar-refractivity contribution in [2.75, 3.05) is 6.54 Å². The molecule has 20 heavy (non-hydrogen) atoms. The summed E-state index contributed by atoms with van der Waals surface area (Å²) >= 11 is 0. The van der Waals surface area contributed by atoms with Crippen molar-refractivity contribution in [2.45, 2.75) is 31.3 Å². The Morgan fingerprint density at radius 2 is 1.95 bits per heavy atom. The van der Waals surface area contributed by atoms with Crippen LogP contribution in [0.3, 0.4) is 0 Å². The number of carbonyl (C=O) groups is 1. The topological polar surface area (TPSA) is 58.6 Å². The van der Waals surface area contributed by atoms with Gasteiger partial charge in [0.1, 0.15) is 6.04 Å². The number of benzene rings is 1. The Labute approximate surface area is 113 Å². The number of nitrogens with one attached hydrogen (secondary N) is 1. The molecule has 0 aliphatic carbocycles. The van der Waals surface area contributed by atoms with Gasteiger partial charge in [-0.05, 0) is 24.6 Å². The number of carboxylic acid groups (broad SMARTS) is 1. The van der Waals surface area contributed by atoms with Crippen LogP contribution in [0.5, 0.6) is 0 Å². The number of ether oxygens (including phenoxy) is 1. The van der Waals surface area contributed by atoms with Gasteiger partial charge in [-0.15, -0.1) is 0 Å². The monoisotopic (exact) mass is 289 g/mol. The summed E-state index contributed by atoms with van der Waals surface area (Å²) in [6, 6.07) is 3.88. The summed E-state index contributed by atoms with van der Waals surface area (Å²) < 4.78 is 42.9. The van der Waals surface area contributed by atoms with Crippen molar-refractivity contribution in [1.82, 2.24) is 5.32 Å². The fourth-order valence-corrected chi connectivity index (χ4v) is 2.16. The molecule has 3 atom stereocenters. The lowest BCUT2D eigenvalue weighted by molar-refractivity contribution is -0.149. The molecular formula is C13H14F3NO3. The van der Waals surface area contributed by atoms with Crippen LogP contribution < -0.4 is 5.32 Å². The second-order valence-electron chi connectivity index (χ2n) is 4.67. The van der Waals surface area contributed by atoms with Gasteiger partial charge in [0.25, 0.3) is 0 Å². The first-order valence-electron chi connectivity index (χ1n) is 6.08. The third-order valence-electron chi connectivity index (χ3n) is 3.25. The average molecular weight is 289 g/mol. The summed E-state index contributed by atoms with van der Waals surface area (Å²) in [5.74, 6) is -1.01. The van der Waals surface area contributed by atoms with E-state index in [4.69, 9.17) is 9.84 Å². The molecule has 0 amide bonds. The van der Waals surface area contributed by atoms with Gasteiger partial charge in [-0.25, -0.2) is 0 Å². The van der Waals surface area contributed by atoms with Gasteiger partial charge >= 0.3 is 12.1 Å². The van der Waals surface area contributed by atoms with Crippen molar-refractivity contribution in [3.8, 4) is 0 Å². The fourth-order valence-electron chi connectivity index (χ4n) is 2.16. The maximum atomic E-state index is 12.5. The van der Waals surface area contributed by atoms with Crippen LogP contribution in [-0.2, 0) is 15.7 Å². The van der Waals surface area contributed by atoms with E-state index >= 15 is 0 Å². The molecule has 7 heteroatoms. The summed E-state index contributed by atoms with van der Waals surface area (Å²) in [5.41, 5.74) is -0.136. The maximum Gasteiger partial charge on any atom is 0.416 e. The number of hydrogen-bond donors (Lipinski definition) is 2. The molecule has 2 N–H and O–H groups in total. The highest BCUT2D eigenvalue weighted by atomic mass is 19.4. The standard InChI is InChI=1S/C13H14F3NO3/c1-7-11(12(18)19)17-6-10(20-7)8-2-4-9(5-3-8)13(14,15)16/h2-5,7,10-11,17H,6H2,1H3,(H,18,19). The largest absolute Gasteiger partial charge is 0.480 e. The van der Waals surface area contributed by atoms with Crippen LogP contribution in [0.2, 0.25) is 0 Å². The molecule has 4 nitrogen and oxygen atoms in total. The van der Waals surface area contributed by atoms with Crippen molar-refractivity contribution in [2.24, 2.45) is 0 Å². The van der Waals surface area contributed by atoms with Crippen LogP contribution in [0.4, 0.5) is 13.2 Å². The van der Waals surface area contributed by atoms with Crippen LogP contribution in [-0.4, -0.2) is 29.8 Å². The van der Waals surface area contributed by atoms with Crippen molar-refractivity contribution >= 4 is 5.97 Å². The lowest BCUT2D eigenvalue weighted by atomic mass is 10.0. The first-order valence-corrected chi connectivity index (χ1v) is 6.08. The highest BCUT2D eigenvalue weighted by molar-refractivity contribution is 5.74. The van der Waals surface area contributed by atoms with E-state index in [0.29, 0.717) is 5.56 Å². The second-order valence-corrected chi connectivity index (χ2v) is 4.67. The van der Waals surface area contributed by atoms with Gasteiger partial charge in [0.05, 0.1) is 17.8 Å². The Hall–Kier alpha value is -1.60. The Balaban J connectivity index is 2.08. The number of hydrogen-bond acceptors (Lipinski definition) is 3. The van der Waals surface area contributed by atoms with Crippen molar-refractivity contribution in [3.63, 3.8) is 0 Å². The summed E-state index contributed by atoms with van der Waals surface area (Å²) in [6.45, 7) is 1.86. The normalized spacial score (nSPS) is 27.3. The molecule has 0 spiro atoms. The summed E-state index contributed by atoms with van der Waals surface area (Å²) in [5, 5.41) is 11.7. The van der Waals surface area contributed by atoms with E-state index in [1.807, 2.05) is 0 Å². The van der Waals surface area contributed by atoms with Crippen LogP contribution in [0, 0.1) is 0 Å². The molecule has 0 radical (unpaired) electrons. The lowest BCUT2D eigenvalue weighted by Crippen LogP contribution is -2.52. The number of carboxylic acids is 1. The molecule has 1 heterocycles. The van der Waals surface area contributed by atoms with Gasteiger partial charge in [-0.3, -0.25) is 10.1 Å². The average Bonchev–Trinajstić information content (AvgIpc) is 2.37. The zero-order valence-electron chi connectivity index (χ0n) is 10.6. The van der Waals surface area contributed by atoms with Gasteiger partial charge < -0.3 is 9.84 Å². The van der Waals surface area contributed by atoms with E-state index in [1.54, 1.807) is 6.92 Å². The number of morpholine rings is 1. The highest BCUT2D eigenvalue weighted by Crippen LogP contribution is 2.31. The number of halogens is 3. The molecule has 1 fully saturated rings. The third-order valence-corrected chi connectivity index (χ3v) is 3.25. The van der Waals surface area contributed by atoms with Gasteiger partial charge in [0, 0.05) is 6.54 Å². The summed E-state index contributed by atoms with van der Waals surface area (Å²) in [4.78, 5) is 10.9. The molecule has 110 valence electrons. The van der Waals surface area contributed by atoms with Gasteiger partial charge in [-0.1, -0.05) is 12.1 Å². The molecule has 1 saturated heterocycles. The van der Waals surface area contributed by atoms with Crippen molar-refractivity contribution in [1.29, 1.82) is 0 Å². The molecule has 1 aromatic rings. The molecule has 1 aliphatic heterocycles. The first kappa shape index (κ1) is 14.8. The van der Waals surface area contributed by atoms with E-state index < -0.39 is 36.0 Å². The van der Waals surface area contributed by atoms with Crippen LogP contribution in [0.25, 0.3) is 0 Å². The summed E-state index contributed by atoms with van der Waals surface area (Å²) in [7, 11) is 0. The minimum atomic E-state index is -4.37. The van der Waals surface area contributed by atoms with Crippen LogP contribution in [0.1, 0.15) is 24.2 Å². The van der Waals surface area contributed by atoms with E-state index in [2.05, 4.69) is 5.32 Å². The van der Waals surface area contributed by atoms with E-state index in [0.717, 1.165) is 12.1 Å². The zero-order chi connectivity index (χ0) is 14.9. The Morgan fingerprint density at radius 1 is 1.35 bits per heavy atom. The Kier molecular flexibility index (Phi) is 4.01. The zero-order valence-corrected chi connectivity index (χ0v) is 10.6. The molecule has 1 aliphatic rings. The predicted octanol–water partition coefficient (Wildman–Crippen LogP) is 2.21. The third kappa shape index (κ3) is 3.10. The maximum absolute atomic E-state index is 12.5. The van der Waals surface area contributed by atoms with Crippen LogP contribution >= 0.6 is 0 Å². The fraction of sp³-hybridized carbons (Fsp3) is 0.462. The SMILES string of the molecule is CC1OC(c2ccc(C(F)(F)F)cc2)CNC1C(=O)O. The van der Waals surface area contributed by atoms with E-state index in [-0.39, 0.29) is 6.54 Å².